The van der Waals surface area contributed by atoms with Crippen molar-refractivity contribution in [3.05, 3.63) is 48.7 Å². The quantitative estimate of drug-likeness (QED) is 0.327. The molecule has 0 amide bonds. The summed E-state index contributed by atoms with van der Waals surface area (Å²) in [5.41, 5.74) is 2.58. The number of nitrogens with one attached hydrogen (secondary N) is 1. The number of esters is 1. The van der Waals surface area contributed by atoms with Gasteiger partial charge in [0.05, 0.1) is 32.3 Å². The predicted molar refractivity (Wildman–Crippen MR) is 119 cm³/mol. The van der Waals surface area contributed by atoms with E-state index in [1.54, 1.807) is 21.1 Å². The van der Waals surface area contributed by atoms with E-state index in [0.717, 1.165) is 16.5 Å². The molecule has 31 heavy (non-hydrogen) atoms. The maximum atomic E-state index is 11.9. The van der Waals surface area contributed by atoms with Crippen LogP contribution in [0.5, 0.6) is 11.5 Å². The second-order valence-electron chi connectivity index (χ2n) is 6.52. The van der Waals surface area contributed by atoms with Crippen molar-refractivity contribution in [1.82, 2.24) is 19.7 Å². The Balaban J connectivity index is 1.88. The van der Waals surface area contributed by atoms with E-state index in [2.05, 4.69) is 15.2 Å². The van der Waals surface area contributed by atoms with Crippen LogP contribution in [-0.4, -0.2) is 52.3 Å². The highest BCUT2D eigenvalue weighted by Crippen LogP contribution is 2.36. The fourth-order valence-corrected chi connectivity index (χ4v) is 4.05. The Morgan fingerprint density at radius 2 is 1.97 bits per heavy atom. The number of hydrogen-bond donors (Lipinski definition) is 1. The molecule has 0 saturated carbocycles. The molecule has 0 unspecified atom stereocenters. The molecule has 8 nitrogen and oxygen atoms in total. The summed E-state index contributed by atoms with van der Waals surface area (Å²) in [5.74, 6) is 1.71. The first-order valence-corrected chi connectivity index (χ1v) is 10.7. The molecule has 0 saturated heterocycles. The molecular weight excluding hydrogens is 416 g/mol. The molecule has 0 atom stereocenters. The lowest BCUT2D eigenvalue weighted by molar-refractivity contribution is -0.139. The van der Waals surface area contributed by atoms with E-state index in [0.29, 0.717) is 34.8 Å². The van der Waals surface area contributed by atoms with Gasteiger partial charge in [-0.05, 0) is 25.1 Å². The number of H-pyrrole nitrogens is 1. The molecule has 2 heterocycles. The molecule has 0 aliphatic heterocycles. The molecule has 160 valence electrons. The fraction of sp³-hybridized carbons (Fsp3) is 0.227. The fourth-order valence-electron chi connectivity index (χ4n) is 3.31. The Morgan fingerprint density at radius 1 is 1.13 bits per heavy atom. The second-order valence-corrected chi connectivity index (χ2v) is 7.46. The number of fused-ring (bicyclic) bond motifs is 1. The van der Waals surface area contributed by atoms with E-state index < -0.39 is 0 Å². The van der Waals surface area contributed by atoms with Crippen LogP contribution in [0.15, 0.2) is 53.8 Å². The van der Waals surface area contributed by atoms with Gasteiger partial charge in [0.1, 0.15) is 11.5 Å². The van der Waals surface area contributed by atoms with E-state index in [9.17, 15) is 4.79 Å². The molecule has 9 heteroatoms. The third kappa shape index (κ3) is 4.09. The minimum Gasteiger partial charge on any atom is -0.497 e. The van der Waals surface area contributed by atoms with Crippen molar-refractivity contribution in [3.63, 3.8) is 0 Å². The van der Waals surface area contributed by atoms with Crippen LogP contribution >= 0.6 is 11.8 Å². The average molecular weight is 439 g/mol. The number of aromatic nitrogens is 4. The summed E-state index contributed by atoms with van der Waals surface area (Å²) in [4.78, 5) is 15.2. The molecule has 2 aromatic heterocycles. The zero-order valence-corrected chi connectivity index (χ0v) is 18.2. The Morgan fingerprint density at radius 3 is 2.74 bits per heavy atom. The van der Waals surface area contributed by atoms with Gasteiger partial charge in [0, 0.05) is 28.7 Å². The van der Waals surface area contributed by atoms with Gasteiger partial charge in [0.2, 0.25) is 0 Å². The number of para-hydroxylation sites is 1. The van der Waals surface area contributed by atoms with Crippen molar-refractivity contribution < 1.29 is 19.0 Å². The topological polar surface area (TPSA) is 91.3 Å². The molecule has 0 bridgehead atoms. The Kier molecular flexibility index (Phi) is 6.13. The van der Waals surface area contributed by atoms with E-state index >= 15 is 0 Å². The zero-order valence-electron chi connectivity index (χ0n) is 17.4. The van der Waals surface area contributed by atoms with Gasteiger partial charge in [-0.1, -0.05) is 30.0 Å². The van der Waals surface area contributed by atoms with Gasteiger partial charge >= 0.3 is 5.97 Å². The van der Waals surface area contributed by atoms with Crippen LogP contribution in [0.4, 0.5) is 0 Å². The molecule has 0 fully saturated rings. The maximum Gasteiger partial charge on any atom is 0.316 e. The first-order chi connectivity index (χ1) is 15.2. The average Bonchev–Trinajstić information content (AvgIpc) is 3.41. The normalized spacial score (nSPS) is 10.9. The molecular formula is C22H22N4O4S. The number of methoxy groups -OCH3 is 2. The van der Waals surface area contributed by atoms with Crippen molar-refractivity contribution in [2.75, 3.05) is 26.6 Å². The largest absolute Gasteiger partial charge is 0.497 e. The number of rotatable bonds is 8. The first kappa shape index (κ1) is 20.8. The SMILES string of the molecule is CCOC(=O)CSc1nnc(-c2c[nH]c3ccccc23)n1-c1cc(OC)ccc1OC. The molecule has 4 aromatic rings. The Hall–Kier alpha value is -3.46. The third-order valence-corrected chi connectivity index (χ3v) is 5.62. The van der Waals surface area contributed by atoms with Crippen molar-refractivity contribution in [3.8, 4) is 28.6 Å². The van der Waals surface area contributed by atoms with Gasteiger partial charge in [0.25, 0.3) is 0 Å². The van der Waals surface area contributed by atoms with Crippen LogP contribution in [0.25, 0.3) is 28.0 Å². The Bertz CT molecular complexity index is 1220. The van der Waals surface area contributed by atoms with Crippen molar-refractivity contribution in [1.29, 1.82) is 0 Å². The lowest BCUT2D eigenvalue weighted by Crippen LogP contribution is -2.08. The summed E-state index contributed by atoms with van der Waals surface area (Å²) in [5, 5.41) is 10.4. The second kappa shape index (κ2) is 9.13. The lowest BCUT2D eigenvalue weighted by Gasteiger charge is -2.15. The summed E-state index contributed by atoms with van der Waals surface area (Å²) in [7, 11) is 3.21. The monoisotopic (exact) mass is 438 g/mol. The predicted octanol–water partition coefficient (Wildman–Crippen LogP) is 4.09. The molecule has 0 radical (unpaired) electrons. The molecule has 1 N–H and O–H groups in total. The smallest absolute Gasteiger partial charge is 0.316 e. The Labute approximate surface area is 183 Å². The number of aromatic amines is 1. The van der Waals surface area contributed by atoms with Crippen molar-refractivity contribution >= 4 is 28.6 Å². The highest BCUT2D eigenvalue weighted by molar-refractivity contribution is 7.99. The number of benzene rings is 2. The van der Waals surface area contributed by atoms with Crippen molar-refractivity contribution in [2.24, 2.45) is 0 Å². The van der Waals surface area contributed by atoms with Crippen molar-refractivity contribution in [2.45, 2.75) is 12.1 Å². The van der Waals surface area contributed by atoms with Crippen LogP contribution in [-0.2, 0) is 9.53 Å². The van der Waals surface area contributed by atoms with E-state index in [1.165, 1.54) is 11.8 Å². The summed E-state index contributed by atoms with van der Waals surface area (Å²) in [6.07, 6.45) is 1.90. The van der Waals surface area contributed by atoms with Crippen LogP contribution in [0.1, 0.15) is 6.92 Å². The maximum absolute atomic E-state index is 11.9. The van der Waals surface area contributed by atoms with Gasteiger partial charge in [-0.3, -0.25) is 9.36 Å². The summed E-state index contributed by atoms with van der Waals surface area (Å²) >= 11 is 1.25. The first-order valence-electron chi connectivity index (χ1n) is 9.69. The van der Waals surface area contributed by atoms with Crippen LogP contribution < -0.4 is 9.47 Å². The zero-order chi connectivity index (χ0) is 21.8. The van der Waals surface area contributed by atoms with Crippen LogP contribution in [0, 0.1) is 0 Å². The minimum atomic E-state index is -0.312. The lowest BCUT2D eigenvalue weighted by atomic mass is 10.1. The molecule has 0 aliphatic rings. The standard InChI is InChI=1S/C22H22N4O4S/c1-4-30-20(27)13-31-22-25-24-21(16-12-23-17-8-6-5-7-15(16)17)26(22)18-11-14(28-2)9-10-19(18)29-3/h5-12,23H,4,13H2,1-3H3. The van der Waals surface area contributed by atoms with Crippen LogP contribution in [0.3, 0.4) is 0 Å². The van der Waals surface area contributed by atoms with Gasteiger partial charge in [-0.2, -0.15) is 0 Å². The molecule has 2 aromatic carbocycles. The van der Waals surface area contributed by atoms with Gasteiger partial charge in [-0.25, -0.2) is 0 Å². The molecule has 0 aliphatic carbocycles. The highest BCUT2D eigenvalue weighted by atomic mass is 32.2. The third-order valence-electron chi connectivity index (χ3n) is 4.71. The number of thioether (sulfide) groups is 1. The van der Waals surface area contributed by atoms with Gasteiger partial charge in [-0.15, -0.1) is 10.2 Å². The number of ether oxygens (including phenoxy) is 3. The van der Waals surface area contributed by atoms with Gasteiger partial charge < -0.3 is 19.2 Å². The number of hydrogen-bond acceptors (Lipinski definition) is 7. The molecule has 0 spiro atoms. The summed E-state index contributed by atoms with van der Waals surface area (Å²) < 4.78 is 18.0. The number of carbonyl (C=O) groups excluding carboxylic acids is 1. The summed E-state index contributed by atoms with van der Waals surface area (Å²) in [6, 6.07) is 13.5. The van der Waals surface area contributed by atoms with Crippen LogP contribution in [0.2, 0.25) is 0 Å². The number of carbonyl (C=O) groups is 1. The molecule has 4 rings (SSSR count). The summed E-state index contributed by atoms with van der Waals surface area (Å²) in [6.45, 7) is 2.11. The van der Waals surface area contributed by atoms with E-state index in [4.69, 9.17) is 14.2 Å². The highest BCUT2D eigenvalue weighted by Gasteiger charge is 2.22. The minimum absolute atomic E-state index is 0.117. The van der Waals surface area contributed by atoms with E-state index in [-0.39, 0.29) is 11.7 Å². The number of nitrogens with zero attached hydrogens (tertiary/aromatic N) is 3. The van der Waals surface area contributed by atoms with E-state index in [1.807, 2.05) is 53.2 Å². The van der Waals surface area contributed by atoms with Gasteiger partial charge in [0.15, 0.2) is 11.0 Å².